The molecule has 0 bridgehead atoms. The lowest BCUT2D eigenvalue weighted by atomic mass is 10.2. The lowest BCUT2D eigenvalue weighted by molar-refractivity contribution is -0.137. The molecule has 2 aromatic rings. The quantitative estimate of drug-likeness (QED) is 0.661. The van der Waals surface area contributed by atoms with Crippen LogP contribution in [0.4, 0.5) is 35.0 Å². The van der Waals surface area contributed by atoms with E-state index in [9.17, 15) is 22.8 Å². The summed E-state index contributed by atoms with van der Waals surface area (Å²) in [5, 5.41) is 14.5. The zero-order valence-electron chi connectivity index (χ0n) is 14.0. The Labute approximate surface area is 148 Å². The summed E-state index contributed by atoms with van der Waals surface area (Å²) in [6.07, 6.45) is -4.43. The van der Waals surface area contributed by atoms with E-state index in [0.29, 0.717) is 11.4 Å². The van der Waals surface area contributed by atoms with Crippen molar-refractivity contribution in [1.82, 2.24) is 0 Å². The molecule has 0 aliphatic heterocycles. The Morgan fingerprint density at radius 3 is 1.85 bits per heavy atom. The van der Waals surface area contributed by atoms with Gasteiger partial charge in [0.05, 0.1) is 5.56 Å². The molecule has 3 amide bonds. The third-order valence-electron chi connectivity index (χ3n) is 2.91. The second kappa shape index (κ2) is 9.42. The lowest BCUT2D eigenvalue weighted by Crippen LogP contribution is -2.19. The van der Waals surface area contributed by atoms with E-state index in [1.165, 1.54) is 6.92 Å². The van der Waals surface area contributed by atoms with Crippen LogP contribution in [0.5, 0.6) is 0 Å². The molecule has 0 saturated heterocycles. The molecule has 2 aromatic carbocycles. The largest absolute Gasteiger partial charge is 0.416 e. The summed E-state index contributed by atoms with van der Waals surface area (Å²) < 4.78 is 37.4. The fraction of sp³-hybridized carbons (Fsp3) is 0.176. The summed E-state index contributed by atoms with van der Waals surface area (Å²) in [4.78, 5) is 22.9. The maximum atomic E-state index is 12.5. The molecule has 0 unspecified atom stereocenters. The monoisotopic (exact) mass is 369 g/mol. The number of hydrogen-bond acceptors (Lipinski definition) is 3. The van der Waals surface area contributed by atoms with Crippen LogP contribution in [0.25, 0.3) is 0 Å². The third kappa shape index (κ3) is 6.81. The molecule has 4 N–H and O–H groups in total. The number of rotatable bonds is 3. The molecule has 26 heavy (non-hydrogen) atoms. The van der Waals surface area contributed by atoms with E-state index in [2.05, 4.69) is 16.0 Å². The molecule has 0 radical (unpaired) electrons. The fourth-order valence-electron chi connectivity index (χ4n) is 1.91. The Morgan fingerprint density at radius 2 is 1.35 bits per heavy atom. The number of carbonyl (C=O) groups is 2. The average Bonchev–Trinajstić information content (AvgIpc) is 2.56. The molecule has 0 atom stereocenters. The van der Waals surface area contributed by atoms with Gasteiger partial charge in [-0.25, -0.2) is 4.79 Å². The molecule has 6 nitrogen and oxygen atoms in total. The number of nitrogens with one attached hydrogen (secondary N) is 3. The van der Waals surface area contributed by atoms with Gasteiger partial charge in [0, 0.05) is 31.1 Å². The summed E-state index contributed by atoms with van der Waals surface area (Å²) in [7, 11) is 1.00. The van der Waals surface area contributed by atoms with Gasteiger partial charge in [-0.15, -0.1) is 0 Å². The van der Waals surface area contributed by atoms with E-state index in [-0.39, 0.29) is 11.6 Å². The molecule has 0 aromatic heterocycles. The highest BCUT2D eigenvalue weighted by Crippen LogP contribution is 2.29. The van der Waals surface area contributed by atoms with E-state index >= 15 is 0 Å². The molecule has 0 fully saturated rings. The number of aliphatic hydroxyl groups excluding tert-OH is 1. The van der Waals surface area contributed by atoms with Gasteiger partial charge in [-0.3, -0.25) is 4.79 Å². The average molecular weight is 369 g/mol. The first-order chi connectivity index (χ1) is 12.2. The molecule has 2 rings (SSSR count). The minimum Gasteiger partial charge on any atom is -0.400 e. The van der Waals surface area contributed by atoms with Crippen molar-refractivity contribution in [1.29, 1.82) is 0 Å². The van der Waals surface area contributed by atoms with E-state index < -0.39 is 17.8 Å². The number of aliphatic hydroxyl groups is 1. The van der Waals surface area contributed by atoms with Gasteiger partial charge in [-0.1, -0.05) is 6.07 Å². The highest BCUT2D eigenvalue weighted by atomic mass is 19.4. The van der Waals surface area contributed by atoms with E-state index in [4.69, 9.17) is 5.11 Å². The first-order valence-electron chi connectivity index (χ1n) is 7.32. The topological polar surface area (TPSA) is 90.5 Å². The van der Waals surface area contributed by atoms with E-state index in [0.717, 1.165) is 31.4 Å². The molecule has 0 heterocycles. The van der Waals surface area contributed by atoms with Crippen molar-refractivity contribution in [2.24, 2.45) is 0 Å². The Morgan fingerprint density at radius 1 is 0.846 bits per heavy atom. The summed E-state index contributed by atoms with van der Waals surface area (Å²) >= 11 is 0. The third-order valence-corrected chi connectivity index (χ3v) is 2.91. The summed E-state index contributed by atoms with van der Waals surface area (Å²) in [5.41, 5.74) is 0.357. The summed E-state index contributed by atoms with van der Waals surface area (Å²) in [5.74, 6) is -0.249. The maximum absolute atomic E-state index is 12.5. The molecule has 140 valence electrons. The number of halogens is 3. The minimum atomic E-state index is -4.43. The highest BCUT2D eigenvalue weighted by molar-refractivity contribution is 6.00. The Bertz CT molecular complexity index is 747. The molecular weight excluding hydrogens is 351 g/mol. The SMILES string of the molecule is CC(=O)Nc1cccc(NC(=O)Nc2ccc(C(F)(F)F)cc2)c1.CO. The molecule has 0 spiro atoms. The molecular formula is C17H18F3N3O3. The summed E-state index contributed by atoms with van der Waals surface area (Å²) in [6, 6.07) is 9.92. The number of anilines is 3. The van der Waals surface area contributed by atoms with Gasteiger partial charge < -0.3 is 21.1 Å². The van der Waals surface area contributed by atoms with Crippen LogP contribution in [0.1, 0.15) is 12.5 Å². The number of alkyl halides is 3. The van der Waals surface area contributed by atoms with Gasteiger partial charge in [-0.05, 0) is 42.5 Å². The second-order valence-electron chi connectivity index (χ2n) is 4.92. The Hall–Kier alpha value is -3.07. The molecule has 0 saturated carbocycles. The van der Waals surface area contributed by atoms with E-state index in [1.54, 1.807) is 24.3 Å². The van der Waals surface area contributed by atoms with E-state index in [1.807, 2.05) is 0 Å². The van der Waals surface area contributed by atoms with Gasteiger partial charge in [0.1, 0.15) is 0 Å². The standard InChI is InChI=1S/C16H14F3N3O2.CH4O/c1-10(23)20-13-3-2-4-14(9-13)22-15(24)21-12-7-5-11(6-8-12)16(17,18)19;1-2/h2-9H,1H3,(H,20,23)(H2,21,22,24);2H,1H3. The number of hydrogen-bond donors (Lipinski definition) is 4. The zero-order chi connectivity index (χ0) is 19.7. The normalized spacial score (nSPS) is 10.2. The van der Waals surface area contributed by atoms with Gasteiger partial charge in [0.15, 0.2) is 0 Å². The predicted octanol–water partition coefficient (Wildman–Crippen LogP) is 3.92. The van der Waals surface area contributed by atoms with Crippen LogP contribution in [0.3, 0.4) is 0 Å². The number of amides is 3. The van der Waals surface area contributed by atoms with Crippen LogP contribution < -0.4 is 16.0 Å². The fourth-order valence-corrected chi connectivity index (χ4v) is 1.91. The first-order valence-corrected chi connectivity index (χ1v) is 7.32. The zero-order valence-corrected chi connectivity index (χ0v) is 14.0. The number of carbonyl (C=O) groups excluding carboxylic acids is 2. The molecule has 9 heteroatoms. The van der Waals surface area contributed by atoms with Gasteiger partial charge >= 0.3 is 12.2 Å². The van der Waals surface area contributed by atoms with Gasteiger partial charge in [-0.2, -0.15) is 13.2 Å². The Kier molecular flexibility index (Phi) is 7.60. The number of benzene rings is 2. The summed E-state index contributed by atoms with van der Waals surface area (Å²) in [6.45, 7) is 1.36. The second-order valence-corrected chi connectivity index (χ2v) is 4.92. The van der Waals surface area contributed by atoms with Crippen LogP contribution >= 0.6 is 0 Å². The van der Waals surface area contributed by atoms with Crippen molar-refractivity contribution in [2.45, 2.75) is 13.1 Å². The Balaban J connectivity index is 0.00000163. The smallest absolute Gasteiger partial charge is 0.400 e. The highest BCUT2D eigenvalue weighted by Gasteiger charge is 2.29. The van der Waals surface area contributed by atoms with Crippen LogP contribution in [-0.4, -0.2) is 24.2 Å². The van der Waals surface area contributed by atoms with Crippen LogP contribution in [-0.2, 0) is 11.0 Å². The first kappa shape index (κ1) is 21.0. The maximum Gasteiger partial charge on any atom is 0.416 e. The van der Waals surface area contributed by atoms with Crippen molar-refractivity contribution in [3.8, 4) is 0 Å². The number of urea groups is 1. The lowest BCUT2D eigenvalue weighted by Gasteiger charge is -2.10. The van der Waals surface area contributed by atoms with Crippen LogP contribution in [0, 0.1) is 0 Å². The molecule has 0 aliphatic carbocycles. The van der Waals surface area contributed by atoms with Crippen molar-refractivity contribution in [3.63, 3.8) is 0 Å². The predicted molar refractivity (Wildman–Crippen MR) is 93.0 cm³/mol. The van der Waals surface area contributed by atoms with Crippen molar-refractivity contribution in [2.75, 3.05) is 23.1 Å². The van der Waals surface area contributed by atoms with Crippen molar-refractivity contribution >= 4 is 29.0 Å². The van der Waals surface area contributed by atoms with Crippen molar-refractivity contribution in [3.05, 3.63) is 54.1 Å². The minimum absolute atomic E-state index is 0.221. The van der Waals surface area contributed by atoms with Crippen LogP contribution in [0.2, 0.25) is 0 Å². The molecule has 0 aliphatic rings. The van der Waals surface area contributed by atoms with Gasteiger partial charge in [0.2, 0.25) is 5.91 Å². The van der Waals surface area contributed by atoms with Crippen LogP contribution in [0.15, 0.2) is 48.5 Å². The van der Waals surface area contributed by atoms with Gasteiger partial charge in [0.25, 0.3) is 0 Å². The van der Waals surface area contributed by atoms with Crippen molar-refractivity contribution < 1.29 is 27.9 Å².